The van der Waals surface area contributed by atoms with Crippen molar-refractivity contribution in [3.8, 4) is 51.6 Å². The van der Waals surface area contributed by atoms with Gasteiger partial charge in [0.05, 0.1) is 138 Å². The van der Waals surface area contributed by atoms with Crippen molar-refractivity contribution in [2.75, 3.05) is 172 Å². The molecule has 4 heterocycles. The zero-order chi connectivity index (χ0) is 91.7. The van der Waals surface area contributed by atoms with Crippen LogP contribution in [0.15, 0.2) is 225 Å². The molecular weight excluding hydrogens is 1670 g/mol. The van der Waals surface area contributed by atoms with Crippen molar-refractivity contribution in [2.24, 2.45) is 0 Å². The van der Waals surface area contributed by atoms with Crippen molar-refractivity contribution in [2.45, 2.75) is 140 Å². The van der Waals surface area contributed by atoms with E-state index in [9.17, 15) is 14.0 Å². The quantitative estimate of drug-likeness (QED) is 0.0259. The van der Waals surface area contributed by atoms with Crippen LogP contribution in [0.4, 0.5) is 15.8 Å². The molecule has 13 rings (SSSR count). The summed E-state index contributed by atoms with van der Waals surface area (Å²) in [5.74, 6) is 6.94. The van der Waals surface area contributed by atoms with Crippen molar-refractivity contribution < 1.29 is 89.8 Å². The first kappa shape index (κ1) is 101. The average molecular weight is 1800 g/mol. The molecule has 4 N–H and O–H groups in total. The van der Waals surface area contributed by atoms with Gasteiger partial charge in [-0.05, 0) is 165 Å². The highest BCUT2D eigenvalue weighted by Crippen LogP contribution is 2.36. The Labute approximate surface area is 772 Å². The lowest BCUT2D eigenvalue weighted by atomic mass is 9.87. The Kier molecular flexibility index (Phi) is 44.2. The zero-order valence-electron chi connectivity index (χ0n) is 77.2. The van der Waals surface area contributed by atoms with Gasteiger partial charge in [0.25, 0.3) is 0 Å². The largest absolute Gasteiger partial charge is 0.496 e. The number of ether oxygens (including phenoxy) is 16. The van der Waals surface area contributed by atoms with Gasteiger partial charge in [0.1, 0.15) is 58.5 Å². The summed E-state index contributed by atoms with van der Waals surface area (Å²) in [4.78, 5) is 31.0. The third-order valence-corrected chi connectivity index (χ3v) is 23.1. The second-order valence-corrected chi connectivity index (χ2v) is 32.3. The molecule has 0 saturated carbocycles. The summed E-state index contributed by atoms with van der Waals surface area (Å²) in [6.45, 7) is 14.3. The van der Waals surface area contributed by atoms with E-state index in [4.69, 9.17) is 75.8 Å². The first-order valence-corrected chi connectivity index (χ1v) is 45.8. The Morgan fingerprint density at radius 3 is 1.39 bits per heavy atom. The van der Waals surface area contributed by atoms with Crippen LogP contribution >= 0.6 is 0 Å². The lowest BCUT2D eigenvalue weighted by Gasteiger charge is -2.33. The number of benzene rings is 9. The highest BCUT2D eigenvalue weighted by Gasteiger charge is 2.31. The third-order valence-electron chi connectivity index (χ3n) is 23.1. The number of rotatable bonds is 52. The molecule has 26 heteroatoms. The fourth-order valence-electron chi connectivity index (χ4n) is 16.1. The number of aryl methyl sites for hydroxylation is 1. The number of para-hydroxylation sites is 5. The lowest BCUT2D eigenvalue weighted by Crippen LogP contribution is -2.41. The molecule has 3 saturated heterocycles. The van der Waals surface area contributed by atoms with E-state index in [1.165, 1.54) is 28.8 Å². The van der Waals surface area contributed by atoms with Crippen LogP contribution in [0.5, 0.6) is 40.2 Å². The molecule has 6 atom stereocenters. The smallest absolute Gasteiger partial charge is 0.226 e. The molecule has 0 radical (unpaired) electrons. The van der Waals surface area contributed by atoms with Crippen LogP contribution in [0.1, 0.15) is 126 Å². The number of amides is 2. The number of methoxy groups -OCH3 is 6. The summed E-state index contributed by atoms with van der Waals surface area (Å²) in [7, 11) is 11.7. The maximum Gasteiger partial charge on any atom is 0.226 e. The molecular formula is C105H134FN7O18. The highest BCUT2D eigenvalue weighted by molar-refractivity contribution is 5.93. The summed E-state index contributed by atoms with van der Waals surface area (Å²) >= 11 is 0. The van der Waals surface area contributed by atoms with Gasteiger partial charge in [-0.25, -0.2) is 9.37 Å². The van der Waals surface area contributed by atoms with Crippen LogP contribution in [0.2, 0.25) is 0 Å². The highest BCUT2D eigenvalue weighted by atomic mass is 19.1. The zero-order valence-corrected chi connectivity index (χ0v) is 77.2. The van der Waals surface area contributed by atoms with Gasteiger partial charge in [-0.15, -0.1) is 0 Å². The summed E-state index contributed by atoms with van der Waals surface area (Å²) in [5, 5.41) is 13.3. The van der Waals surface area contributed by atoms with Gasteiger partial charge in [-0.1, -0.05) is 121 Å². The molecule has 1 aromatic heterocycles. The molecule has 0 aliphatic carbocycles. The number of piperidine rings is 3. The van der Waals surface area contributed by atoms with Crippen LogP contribution in [-0.2, 0) is 91.8 Å². The number of carbonyl (C=O) groups excluding carboxylic acids is 2. The number of aromatic nitrogens is 2. The van der Waals surface area contributed by atoms with Gasteiger partial charge >= 0.3 is 0 Å². The van der Waals surface area contributed by atoms with E-state index >= 15 is 0 Å². The lowest BCUT2D eigenvalue weighted by molar-refractivity contribution is -0.119. The number of carbonyl (C=O) groups is 2. The summed E-state index contributed by atoms with van der Waals surface area (Å²) in [6, 6.07) is 69.1. The molecule has 10 aromatic rings. The Balaban J connectivity index is 0.000000190. The van der Waals surface area contributed by atoms with Crippen molar-refractivity contribution in [3.63, 3.8) is 0 Å². The molecule has 25 nitrogen and oxygen atoms in total. The average Bonchev–Trinajstić information content (AvgIpc) is 1.81. The van der Waals surface area contributed by atoms with Gasteiger partial charge in [-0.2, -0.15) is 0 Å². The Morgan fingerprint density at radius 1 is 0.427 bits per heavy atom. The molecule has 2 amide bonds. The number of nitrogens with one attached hydrogen (secondary N) is 4. The molecule has 3 aliphatic heterocycles. The minimum atomic E-state index is -0.357. The van der Waals surface area contributed by atoms with Gasteiger partial charge in [0, 0.05) is 157 Å². The van der Waals surface area contributed by atoms with E-state index in [1.807, 2.05) is 134 Å². The van der Waals surface area contributed by atoms with E-state index in [0.717, 1.165) is 159 Å². The molecule has 9 aromatic carbocycles. The maximum atomic E-state index is 14.2. The molecule has 3 fully saturated rings. The SMILES string of the molecule is COCCC(=O)Nc1ccccc1OCCO[C@H]1CNCC[C@@H]1c1ccc(OCCCOCc2ccccc2OC)cc1.COCCCC(=O)N(C)c1ccc(F)cc1CO[C@H]1CNCC[C@@H]1c1ccc(OCCCOCc2ccccc2OC)cc1.COCCCn1ccnc1-c1cccc(CO[C@H]2CNCC[C@@H]2c2ccc(OCCCOCc3ccccc3OC)cc2)c1. The molecule has 3 aliphatic rings. The minimum Gasteiger partial charge on any atom is -0.496 e. The summed E-state index contributed by atoms with van der Waals surface area (Å²) < 4.78 is 108. The fraction of sp³-hybridized carbons (Fsp3) is 0.438. The Bertz CT molecular complexity index is 4910. The summed E-state index contributed by atoms with van der Waals surface area (Å²) in [5.41, 5.74) is 11.0. The van der Waals surface area contributed by atoms with Crippen molar-refractivity contribution in [1.29, 1.82) is 0 Å². The van der Waals surface area contributed by atoms with Crippen LogP contribution < -0.4 is 59.3 Å². The van der Waals surface area contributed by atoms with Gasteiger partial charge in [-0.3, -0.25) is 9.59 Å². The molecule has 704 valence electrons. The number of anilines is 2. The topological polar surface area (TPSA) is 251 Å². The van der Waals surface area contributed by atoms with Crippen LogP contribution in [0.25, 0.3) is 11.4 Å². The second kappa shape index (κ2) is 57.5. The van der Waals surface area contributed by atoms with Crippen LogP contribution in [0, 0.1) is 5.82 Å². The molecule has 131 heavy (non-hydrogen) atoms. The first-order valence-electron chi connectivity index (χ1n) is 45.8. The number of halogens is 1. The van der Waals surface area contributed by atoms with Crippen LogP contribution in [0.3, 0.4) is 0 Å². The Morgan fingerprint density at radius 2 is 0.893 bits per heavy atom. The van der Waals surface area contributed by atoms with E-state index in [0.29, 0.717) is 140 Å². The second-order valence-electron chi connectivity index (χ2n) is 32.3. The number of hydrogen-bond acceptors (Lipinski definition) is 22. The van der Waals surface area contributed by atoms with Crippen molar-refractivity contribution in [3.05, 3.63) is 275 Å². The van der Waals surface area contributed by atoms with E-state index in [1.54, 1.807) is 60.7 Å². The summed E-state index contributed by atoms with van der Waals surface area (Å²) in [6.07, 6.45) is 11.5. The van der Waals surface area contributed by atoms with Gasteiger partial charge in [0.2, 0.25) is 11.8 Å². The fourth-order valence-corrected chi connectivity index (χ4v) is 16.1. The van der Waals surface area contributed by atoms with Gasteiger partial charge < -0.3 is 107 Å². The van der Waals surface area contributed by atoms with E-state index < -0.39 is 0 Å². The molecule has 0 spiro atoms. The number of hydrogen-bond donors (Lipinski definition) is 4. The number of nitrogens with zero attached hydrogens (tertiary/aromatic N) is 3. The Hall–Kier alpha value is -10.8. The molecule has 0 bridgehead atoms. The third kappa shape index (κ3) is 33.5. The van der Waals surface area contributed by atoms with Crippen molar-refractivity contribution >= 4 is 23.2 Å². The van der Waals surface area contributed by atoms with Crippen molar-refractivity contribution in [1.82, 2.24) is 25.5 Å². The minimum absolute atomic E-state index is 0.0356. The van der Waals surface area contributed by atoms with Gasteiger partial charge in [0.15, 0.2) is 0 Å². The maximum absolute atomic E-state index is 14.2. The predicted molar refractivity (Wildman–Crippen MR) is 507 cm³/mol. The predicted octanol–water partition coefficient (Wildman–Crippen LogP) is 17.3. The molecule has 0 unspecified atom stereocenters. The first-order chi connectivity index (χ1) is 64.4. The number of imidazole rings is 1. The monoisotopic (exact) mass is 1800 g/mol. The van der Waals surface area contributed by atoms with E-state index in [2.05, 4.69) is 104 Å². The standard InChI is InChI=1S/C36H45N3O5.C35H45FN2O6.C34H44N2O7/c1-40-21-6-19-39-20-18-38-36(39)30-10-5-8-28(24-30)26-44-35-25-37-17-16-33(35)29-12-14-32(15-13-29)43-23-7-22-42-27-31-9-3-4-11-34(31)41-2;1-38(35(39)10-6-19-40-2)32-16-13-29(36)22-28(32)25-44-34-23-37-18-17-31(34)26-11-14-30(15-12-26)43-21-7-20-42-24-27-8-4-5-9-33(27)41-3;1-38-21-17-34(37)36-30-9-4-6-11-32(30)42-22-23-43-33-24-35-18-16-29(33)26-12-14-28(15-13-26)41-20-7-19-40-25-27-8-3-5-10-31(27)39-2/h3-5,8-15,18,20,24,33,35,37H,6-7,16-17,19,21-23,25-27H2,1-2H3;4-5,8-9,11-16,22,31,34,37H,6-7,10,17-21,23-25H2,1-3H3;3-6,8-15,29,33,35H,7,16-25H2,1-2H3,(H,36,37)/t33-,35+;31-,34+;29-,33+/m111/s1. The normalized spacial score (nSPS) is 16.5. The van der Waals surface area contributed by atoms with E-state index in [-0.39, 0.29) is 60.8 Å². The van der Waals surface area contributed by atoms with Crippen LogP contribution in [-0.4, -0.2) is 201 Å².